The maximum Gasteiger partial charge on any atom is 0.178 e. The van der Waals surface area contributed by atoms with Gasteiger partial charge in [0.25, 0.3) is 0 Å². The number of rotatable bonds is 3. The van der Waals surface area contributed by atoms with E-state index >= 15 is 0 Å². The van der Waals surface area contributed by atoms with E-state index < -0.39 is 0 Å². The quantitative estimate of drug-likeness (QED) is 0.802. The predicted octanol–water partition coefficient (Wildman–Crippen LogP) is 2.04. The first kappa shape index (κ1) is 11.2. The molecule has 92 valence electrons. The standard InChI is InChI=1S/C11H14BrN3O2/c12-11-5-9(17-14-11)7-16-13-10-6-15-3-1-8(10)2-4-15/h5,8H,1-4,6-7H2/b13-10-. The largest absolute Gasteiger partial charge is 0.387 e. The second-order valence-electron chi connectivity index (χ2n) is 4.52. The molecular formula is C11H14BrN3O2. The van der Waals surface area contributed by atoms with Gasteiger partial charge in [-0.15, -0.1) is 0 Å². The molecule has 0 N–H and O–H groups in total. The molecule has 1 aromatic rings. The molecule has 3 aliphatic rings. The Morgan fingerprint density at radius 3 is 2.94 bits per heavy atom. The van der Waals surface area contributed by atoms with Crippen LogP contribution in [-0.4, -0.2) is 35.4 Å². The Bertz CT molecular complexity index is 424. The lowest BCUT2D eigenvalue weighted by Crippen LogP contribution is -2.47. The number of nitrogens with zero attached hydrogens (tertiary/aromatic N) is 3. The van der Waals surface area contributed by atoms with Crippen LogP contribution in [0.15, 0.2) is 20.3 Å². The molecular weight excluding hydrogens is 286 g/mol. The molecule has 6 heteroatoms. The summed E-state index contributed by atoms with van der Waals surface area (Å²) in [7, 11) is 0. The molecule has 0 amide bonds. The number of halogens is 1. The Morgan fingerprint density at radius 2 is 2.35 bits per heavy atom. The molecule has 3 aliphatic heterocycles. The summed E-state index contributed by atoms with van der Waals surface area (Å²) in [5.41, 5.74) is 1.18. The summed E-state index contributed by atoms with van der Waals surface area (Å²) in [4.78, 5) is 7.76. The number of oxime groups is 1. The Morgan fingerprint density at radius 1 is 1.53 bits per heavy atom. The average Bonchev–Trinajstić information content (AvgIpc) is 2.77. The highest BCUT2D eigenvalue weighted by molar-refractivity contribution is 9.10. The number of fused-ring (bicyclic) bond motifs is 3. The van der Waals surface area contributed by atoms with Crippen LogP contribution < -0.4 is 0 Å². The van der Waals surface area contributed by atoms with Crippen LogP contribution in [0.3, 0.4) is 0 Å². The van der Waals surface area contributed by atoms with Crippen molar-refractivity contribution in [1.29, 1.82) is 0 Å². The molecule has 0 aromatic carbocycles. The molecule has 4 rings (SSSR count). The highest BCUT2D eigenvalue weighted by Crippen LogP contribution is 2.25. The first-order valence-electron chi connectivity index (χ1n) is 5.83. The third kappa shape index (κ3) is 2.52. The highest BCUT2D eigenvalue weighted by atomic mass is 79.9. The van der Waals surface area contributed by atoms with Gasteiger partial charge in [0.2, 0.25) is 0 Å². The van der Waals surface area contributed by atoms with Gasteiger partial charge in [0.15, 0.2) is 12.4 Å². The minimum absolute atomic E-state index is 0.342. The minimum Gasteiger partial charge on any atom is -0.387 e. The SMILES string of the molecule is Brc1cc(CO/N=C2/CN3CCC2CC3)on1. The molecule has 0 radical (unpaired) electrons. The summed E-state index contributed by atoms with van der Waals surface area (Å²) in [5.74, 6) is 1.31. The van der Waals surface area contributed by atoms with Crippen LogP contribution in [0.5, 0.6) is 0 Å². The van der Waals surface area contributed by atoms with Gasteiger partial charge in [0.05, 0.1) is 5.71 Å². The van der Waals surface area contributed by atoms with Gasteiger partial charge >= 0.3 is 0 Å². The van der Waals surface area contributed by atoms with Crippen molar-refractivity contribution in [2.75, 3.05) is 19.6 Å². The fourth-order valence-electron chi connectivity index (χ4n) is 2.42. The lowest BCUT2D eigenvalue weighted by atomic mass is 9.87. The fraction of sp³-hybridized carbons (Fsp3) is 0.636. The molecule has 0 spiro atoms. The van der Waals surface area contributed by atoms with Crippen molar-refractivity contribution in [3.05, 3.63) is 16.4 Å². The lowest BCUT2D eigenvalue weighted by Gasteiger charge is -2.39. The van der Waals surface area contributed by atoms with E-state index in [9.17, 15) is 0 Å². The smallest absolute Gasteiger partial charge is 0.178 e. The van der Waals surface area contributed by atoms with E-state index in [-0.39, 0.29) is 0 Å². The van der Waals surface area contributed by atoms with Gasteiger partial charge in [0, 0.05) is 18.5 Å². The van der Waals surface area contributed by atoms with Crippen molar-refractivity contribution in [2.24, 2.45) is 11.1 Å². The van der Waals surface area contributed by atoms with Crippen LogP contribution in [0.25, 0.3) is 0 Å². The summed E-state index contributed by atoms with van der Waals surface area (Å²) in [6.45, 7) is 3.72. The number of aromatic nitrogens is 1. The minimum atomic E-state index is 0.342. The zero-order chi connectivity index (χ0) is 11.7. The molecule has 5 nitrogen and oxygen atoms in total. The molecule has 3 saturated heterocycles. The number of hydrogen-bond donors (Lipinski definition) is 0. The van der Waals surface area contributed by atoms with Crippen LogP contribution in [-0.2, 0) is 11.4 Å². The van der Waals surface area contributed by atoms with E-state index in [1.807, 2.05) is 0 Å². The molecule has 4 heterocycles. The zero-order valence-corrected chi connectivity index (χ0v) is 11.0. The highest BCUT2D eigenvalue weighted by Gasteiger charge is 2.31. The molecule has 0 saturated carbocycles. The van der Waals surface area contributed by atoms with Crippen LogP contribution >= 0.6 is 15.9 Å². The molecule has 2 bridgehead atoms. The van der Waals surface area contributed by atoms with Crippen LogP contribution in [0.2, 0.25) is 0 Å². The maximum atomic E-state index is 5.33. The van der Waals surface area contributed by atoms with Gasteiger partial charge in [-0.3, -0.25) is 4.90 Å². The summed E-state index contributed by atoms with van der Waals surface area (Å²) >= 11 is 3.22. The Hall–Kier alpha value is -0.880. The van der Waals surface area contributed by atoms with Gasteiger partial charge in [-0.2, -0.15) is 0 Å². The fourth-order valence-corrected chi connectivity index (χ4v) is 2.75. The molecule has 0 aliphatic carbocycles. The second kappa shape index (κ2) is 4.78. The molecule has 1 aromatic heterocycles. The average molecular weight is 300 g/mol. The number of piperidine rings is 3. The first-order chi connectivity index (χ1) is 8.31. The van der Waals surface area contributed by atoms with E-state index in [1.165, 1.54) is 31.6 Å². The van der Waals surface area contributed by atoms with Gasteiger partial charge < -0.3 is 9.36 Å². The third-order valence-corrected chi connectivity index (χ3v) is 3.74. The summed E-state index contributed by atoms with van der Waals surface area (Å²) in [6.07, 6.45) is 2.44. The molecule has 17 heavy (non-hydrogen) atoms. The van der Waals surface area contributed by atoms with Crippen molar-refractivity contribution in [1.82, 2.24) is 10.1 Å². The van der Waals surface area contributed by atoms with E-state index in [4.69, 9.17) is 9.36 Å². The van der Waals surface area contributed by atoms with Crippen LogP contribution in [0, 0.1) is 5.92 Å². The van der Waals surface area contributed by atoms with Crippen molar-refractivity contribution < 1.29 is 9.36 Å². The van der Waals surface area contributed by atoms with E-state index in [1.54, 1.807) is 6.07 Å². The topological polar surface area (TPSA) is 50.9 Å². The number of hydrogen-bond acceptors (Lipinski definition) is 5. The molecule has 0 unspecified atom stereocenters. The Labute approximate surface area is 108 Å². The Kier molecular flexibility index (Phi) is 3.15. The second-order valence-corrected chi connectivity index (χ2v) is 5.33. The van der Waals surface area contributed by atoms with Crippen molar-refractivity contribution in [2.45, 2.75) is 19.4 Å². The van der Waals surface area contributed by atoms with Crippen molar-refractivity contribution in [3.63, 3.8) is 0 Å². The maximum absolute atomic E-state index is 5.33. The van der Waals surface area contributed by atoms with Gasteiger partial charge in [0.1, 0.15) is 4.60 Å². The summed E-state index contributed by atoms with van der Waals surface area (Å²) in [5, 5.41) is 7.97. The summed E-state index contributed by atoms with van der Waals surface area (Å²) < 4.78 is 5.70. The molecule has 3 fully saturated rings. The normalized spacial score (nSPS) is 29.8. The van der Waals surface area contributed by atoms with E-state index in [2.05, 4.69) is 31.1 Å². The van der Waals surface area contributed by atoms with Crippen LogP contribution in [0.1, 0.15) is 18.6 Å². The lowest BCUT2D eigenvalue weighted by molar-refractivity contribution is 0.100. The Balaban J connectivity index is 1.56. The van der Waals surface area contributed by atoms with E-state index in [0.717, 1.165) is 6.54 Å². The summed E-state index contributed by atoms with van der Waals surface area (Å²) in [6, 6.07) is 1.79. The monoisotopic (exact) mass is 299 g/mol. The van der Waals surface area contributed by atoms with Crippen LogP contribution in [0.4, 0.5) is 0 Å². The zero-order valence-electron chi connectivity index (χ0n) is 9.43. The molecule has 0 atom stereocenters. The predicted molar refractivity (Wildman–Crippen MR) is 65.6 cm³/mol. The van der Waals surface area contributed by atoms with Gasteiger partial charge in [-0.25, -0.2) is 0 Å². The van der Waals surface area contributed by atoms with Gasteiger partial charge in [-0.05, 0) is 41.9 Å². The van der Waals surface area contributed by atoms with Crippen molar-refractivity contribution >= 4 is 21.6 Å². The van der Waals surface area contributed by atoms with Crippen molar-refractivity contribution in [3.8, 4) is 0 Å². The third-order valence-electron chi connectivity index (χ3n) is 3.36. The van der Waals surface area contributed by atoms with E-state index in [0.29, 0.717) is 22.9 Å². The van der Waals surface area contributed by atoms with Gasteiger partial charge in [-0.1, -0.05) is 10.3 Å². The first-order valence-corrected chi connectivity index (χ1v) is 6.63.